The number of carbonyl (C=O) groups is 2. The molecule has 156 valence electrons. The number of hydrogen-bond acceptors (Lipinski definition) is 7. The molecular weight excluding hydrogens is 464 g/mol. The molecule has 0 aliphatic heterocycles. The maximum atomic E-state index is 12.7. The summed E-state index contributed by atoms with van der Waals surface area (Å²) in [5.74, 6) is -1.34. The Balaban J connectivity index is 1.47. The van der Waals surface area contributed by atoms with Gasteiger partial charge in [0.05, 0.1) is 22.6 Å². The highest BCUT2D eigenvalue weighted by Gasteiger charge is 2.27. The fourth-order valence-corrected chi connectivity index (χ4v) is 3.54. The fourth-order valence-electron chi connectivity index (χ4n) is 3.15. The van der Waals surface area contributed by atoms with Crippen LogP contribution in [0.25, 0.3) is 17.1 Å². The minimum Gasteiger partial charge on any atom is -0.450 e. The number of ketones is 1. The van der Waals surface area contributed by atoms with E-state index in [1.165, 1.54) is 0 Å². The molecule has 0 unspecified atom stereocenters. The Labute approximate surface area is 186 Å². The Hall–Kier alpha value is -3.59. The van der Waals surface area contributed by atoms with Crippen molar-refractivity contribution in [2.45, 2.75) is 20.5 Å². The minimum atomic E-state index is -1.01. The van der Waals surface area contributed by atoms with Crippen molar-refractivity contribution in [3.63, 3.8) is 0 Å². The van der Waals surface area contributed by atoms with Crippen LogP contribution in [-0.2, 0) is 16.1 Å². The molecule has 9 heteroatoms. The monoisotopic (exact) mass is 480 g/mol. The van der Waals surface area contributed by atoms with Crippen molar-refractivity contribution in [1.29, 1.82) is 0 Å². The van der Waals surface area contributed by atoms with Crippen LogP contribution in [0.15, 0.2) is 63.6 Å². The van der Waals surface area contributed by atoms with Crippen molar-refractivity contribution < 1.29 is 18.8 Å². The molecule has 0 fully saturated rings. The van der Waals surface area contributed by atoms with Gasteiger partial charge in [0.25, 0.3) is 11.7 Å². The van der Waals surface area contributed by atoms with Gasteiger partial charge in [0.15, 0.2) is 6.61 Å². The summed E-state index contributed by atoms with van der Waals surface area (Å²) < 4.78 is 12.7. The van der Waals surface area contributed by atoms with E-state index in [1.807, 2.05) is 54.6 Å². The molecule has 0 amide bonds. The van der Waals surface area contributed by atoms with Gasteiger partial charge < -0.3 is 9.26 Å². The second kappa shape index (κ2) is 8.65. The first kappa shape index (κ1) is 20.7. The number of Topliss-reactive ketones (excluding diaryl/α,β-unsaturated/α-hetero) is 1. The third-order valence-corrected chi connectivity index (χ3v) is 5.08. The molecule has 0 saturated carbocycles. The average Bonchev–Trinajstić information content (AvgIpc) is 3.36. The van der Waals surface area contributed by atoms with Crippen molar-refractivity contribution >= 4 is 27.7 Å². The molecule has 4 rings (SSSR count). The quantitative estimate of drug-likeness (QED) is 0.231. The Morgan fingerprint density at radius 2 is 1.87 bits per heavy atom. The van der Waals surface area contributed by atoms with E-state index in [-0.39, 0.29) is 18.1 Å². The molecule has 31 heavy (non-hydrogen) atoms. The summed E-state index contributed by atoms with van der Waals surface area (Å²) in [6.07, 6.45) is 0. The number of rotatable bonds is 6. The summed E-state index contributed by atoms with van der Waals surface area (Å²) in [5, 5.41) is 8.27. The zero-order valence-electron chi connectivity index (χ0n) is 16.7. The molecule has 2 aromatic carbocycles. The van der Waals surface area contributed by atoms with Crippen LogP contribution in [0, 0.1) is 13.8 Å². The zero-order valence-corrected chi connectivity index (χ0v) is 18.3. The summed E-state index contributed by atoms with van der Waals surface area (Å²) >= 11 is 3.38. The second-order valence-corrected chi connectivity index (χ2v) is 7.64. The van der Waals surface area contributed by atoms with Crippen LogP contribution in [0.2, 0.25) is 0 Å². The molecule has 4 aromatic rings. The predicted octanol–water partition coefficient (Wildman–Crippen LogP) is 4.23. The molecule has 0 spiro atoms. The normalized spacial score (nSPS) is 10.8. The largest absolute Gasteiger partial charge is 0.450 e. The summed E-state index contributed by atoms with van der Waals surface area (Å²) in [6, 6.07) is 16.7. The molecular formula is C22H17BrN4O4. The molecule has 8 nitrogen and oxygen atoms in total. The van der Waals surface area contributed by atoms with Crippen LogP contribution >= 0.6 is 15.9 Å². The number of nitrogens with zero attached hydrogens (tertiary/aromatic N) is 4. The number of ether oxygens (including phenoxy) is 1. The number of benzene rings is 2. The summed E-state index contributed by atoms with van der Waals surface area (Å²) in [5.41, 5.74) is 2.75. The lowest BCUT2D eigenvalue weighted by Gasteiger charge is -2.05. The Morgan fingerprint density at radius 3 is 2.61 bits per heavy atom. The minimum absolute atomic E-state index is 0.0875. The van der Waals surface area contributed by atoms with Crippen LogP contribution in [-0.4, -0.2) is 31.7 Å². The van der Waals surface area contributed by atoms with Gasteiger partial charge in [-0.1, -0.05) is 51.4 Å². The Kier molecular flexibility index (Phi) is 5.77. The highest BCUT2D eigenvalue weighted by atomic mass is 79.9. The van der Waals surface area contributed by atoms with Gasteiger partial charge in [-0.3, -0.25) is 4.79 Å². The number of aromatic nitrogens is 4. The first-order valence-electron chi connectivity index (χ1n) is 9.35. The summed E-state index contributed by atoms with van der Waals surface area (Å²) in [6.45, 7) is 3.10. The standard InChI is InChI=1S/C22H17BrN4O4/c1-13-19(14(2)27(25-13)17-9-4-3-5-10-17)20(28)22(29)30-12-18-24-21(26-31-18)15-7-6-8-16(23)11-15/h3-11H,12H2,1-2H3. The highest BCUT2D eigenvalue weighted by Crippen LogP contribution is 2.21. The van der Waals surface area contributed by atoms with Gasteiger partial charge in [-0.25, -0.2) is 9.48 Å². The number of hydrogen-bond donors (Lipinski definition) is 0. The predicted molar refractivity (Wildman–Crippen MR) is 115 cm³/mol. The van der Waals surface area contributed by atoms with E-state index in [1.54, 1.807) is 18.5 Å². The number of halogens is 1. The molecule has 0 bridgehead atoms. The summed E-state index contributed by atoms with van der Waals surface area (Å²) in [7, 11) is 0. The first-order chi connectivity index (χ1) is 14.9. The number of aryl methyl sites for hydroxylation is 1. The van der Waals surface area contributed by atoms with Crippen LogP contribution in [0.4, 0.5) is 0 Å². The Bertz CT molecular complexity index is 1260. The fraction of sp³-hybridized carbons (Fsp3) is 0.136. The highest BCUT2D eigenvalue weighted by molar-refractivity contribution is 9.10. The number of esters is 1. The van der Waals surface area contributed by atoms with E-state index in [0.29, 0.717) is 17.2 Å². The molecule has 0 aliphatic carbocycles. The SMILES string of the molecule is Cc1nn(-c2ccccc2)c(C)c1C(=O)C(=O)OCc1nc(-c2cccc(Br)c2)no1. The lowest BCUT2D eigenvalue weighted by atomic mass is 10.1. The van der Waals surface area contributed by atoms with Crippen molar-refractivity contribution in [1.82, 2.24) is 19.9 Å². The molecule has 0 aliphatic rings. The maximum Gasteiger partial charge on any atom is 0.380 e. The van der Waals surface area contributed by atoms with Crippen LogP contribution < -0.4 is 0 Å². The number of para-hydroxylation sites is 1. The van der Waals surface area contributed by atoms with Gasteiger partial charge in [-0.15, -0.1) is 0 Å². The van der Waals surface area contributed by atoms with Gasteiger partial charge in [0.2, 0.25) is 5.82 Å². The van der Waals surface area contributed by atoms with Crippen LogP contribution in [0.3, 0.4) is 0 Å². The van der Waals surface area contributed by atoms with Crippen molar-refractivity contribution in [2.24, 2.45) is 0 Å². The van der Waals surface area contributed by atoms with Gasteiger partial charge >= 0.3 is 5.97 Å². The number of carbonyl (C=O) groups excluding carboxylic acids is 2. The van der Waals surface area contributed by atoms with Gasteiger partial charge in [0, 0.05) is 10.0 Å². The van der Waals surface area contributed by atoms with Crippen molar-refractivity contribution in [3.05, 3.63) is 81.9 Å². The van der Waals surface area contributed by atoms with Gasteiger partial charge in [-0.05, 0) is 38.1 Å². The van der Waals surface area contributed by atoms with E-state index < -0.39 is 11.8 Å². The van der Waals surface area contributed by atoms with Crippen LogP contribution in [0.5, 0.6) is 0 Å². The zero-order chi connectivity index (χ0) is 22.0. The van der Waals surface area contributed by atoms with E-state index in [0.717, 1.165) is 15.7 Å². The van der Waals surface area contributed by atoms with E-state index in [9.17, 15) is 9.59 Å². The van der Waals surface area contributed by atoms with Gasteiger partial charge in [-0.2, -0.15) is 10.1 Å². The van der Waals surface area contributed by atoms with E-state index >= 15 is 0 Å². The second-order valence-electron chi connectivity index (χ2n) is 6.72. The molecule has 0 saturated heterocycles. The molecule has 2 aromatic heterocycles. The molecule has 0 radical (unpaired) electrons. The first-order valence-corrected chi connectivity index (χ1v) is 10.1. The Morgan fingerprint density at radius 1 is 1.10 bits per heavy atom. The van der Waals surface area contributed by atoms with Crippen LogP contribution in [0.1, 0.15) is 27.6 Å². The van der Waals surface area contributed by atoms with Crippen molar-refractivity contribution in [2.75, 3.05) is 0 Å². The lowest BCUT2D eigenvalue weighted by Crippen LogP contribution is -2.19. The average molecular weight is 481 g/mol. The third kappa shape index (κ3) is 4.31. The van der Waals surface area contributed by atoms with Crippen molar-refractivity contribution in [3.8, 4) is 17.1 Å². The molecule has 0 atom stereocenters. The topological polar surface area (TPSA) is 100 Å². The van der Waals surface area contributed by atoms with E-state index in [4.69, 9.17) is 9.26 Å². The maximum absolute atomic E-state index is 12.7. The summed E-state index contributed by atoms with van der Waals surface area (Å²) in [4.78, 5) is 29.3. The molecule has 0 N–H and O–H groups in total. The molecule has 2 heterocycles. The van der Waals surface area contributed by atoms with Gasteiger partial charge in [0.1, 0.15) is 0 Å². The van der Waals surface area contributed by atoms with E-state index in [2.05, 4.69) is 31.2 Å². The third-order valence-electron chi connectivity index (χ3n) is 4.58. The smallest absolute Gasteiger partial charge is 0.380 e. The lowest BCUT2D eigenvalue weighted by molar-refractivity contribution is -0.140.